The number of benzene rings is 2. The number of rotatable bonds is 7. The molecule has 1 aromatic heterocycles. The van der Waals surface area contributed by atoms with Gasteiger partial charge in [-0.2, -0.15) is 0 Å². The third kappa shape index (κ3) is 4.19. The molecule has 0 N–H and O–H groups in total. The highest BCUT2D eigenvalue weighted by Gasteiger charge is 2.17. The molecule has 0 aliphatic heterocycles. The Morgan fingerprint density at radius 1 is 0.781 bits per heavy atom. The van der Waals surface area contributed by atoms with Crippen molar-refractivity contribution in [1.82, 2.24) is 0 Å². The summed E-state index contributed by atoms with van der Waals surface area (Å²) in [5, 5.41) is 1.27. The lowest BCUT2D eigenvalue weighted by molar-refractivity contribution is 0.284. The highest BCUT2D eigenvalue weighted by Crippen LogP contribution is 2.36. The van der Waals surface area contributed by atoms with E-state index in [4.69, 9.17) is 18.6 Å². The number of methoxy groups -OCH3 is 1. The van der Waals surface area contributed by atoms with Gasteiger partial charge >= 0.3 is 0 Å². The number of aryl methyl sites for hydroxylation is 2. The SMILES string of the molecule is CCOc1cc(-c2ccc(OCc3ccccc3)c(OC)c2)cc(=O)c2c(C)oc(C)c12. The van der Waals surface area contributed by atoms with Crippen LogP contribution in [0.5, 0.6) is 17.2 Å². The Hall–Kier alpha value is -3.73. The lowest BCUT2D eigenvalue weighted by Gasteiger charge is -2.12. The molecule has 4 rings (SSSR count). The minimum absolute atomic E-state index is 0.112. The molecule has 0 aliphatic rings. The predicted octanol–water partition coefficient (Wildman–Crippen LogP) is 6.06. The third-order valence-electron chi connectivity index (χ3n) is 5.36. The molecule has 3 aromatic carbocycles. The van der Waals surface area contributed by atoms with E-state index in [1.807, 2.05) is 68.4 Å². The molecule has 0 amide bonds. The molecule has 0 aliphatic carbocycles. The summed E-state index contributed by atoms with van der Waals surface area (Å²) in [6, 6.07) is 19.1. The first-order valence-corrected chi connectivity index (χ1v) is 10.6. The zero-order chi connectivity index (χ0) is 22.7. The first-order chi connectivity index (χ1) is 15.5. The standard InChI is InChI=1S/C27H26O5/c1-5-30-25-15-21(13-22(28)26-17(2)32-18(3)27(25)26)20-11-12-23(24(14-20)29-4)31-16-19-9-7-6-8-10-19/h6-15H,5,16H2,1-4H3. The molecule has 1 heterocycles. The number of hydrogen-bond donors (Lipinski definition) is 0. The predicted molar refractivity (Wildman–Crippen MR) is 126 cm³/mol. The van der Waals surface area contributed by atoms with Crippen LogP contribution in [0.25, 0.3) is 21.9 Å². The second-order valence-electron chi connectivity index (χ2n) is 7.51. The first-order valence-electron chi connectivity index (χ1n) is 10.6. The summed E-state index contributed by atoms with van der Waals surface area (Å²) in [7, 11) is 1.60. The van der Waals surface area contributed by atoms with Crippen molar-refractivity contribution in [2.75, 3.05) is 13.7 Å². The van der Waals surface area contributed by atoms with Crippen LogP contribution in [0.15, 0.2) is 69.9 Å². The lowest BCUT2D eigenvalue weighted by atomic mass is 10.1. The van der Waals surface area contributed by atoms with E-state index in [0.29, 0.717) is 47.4 Å². The van der Waals surface area contributed by atoms with Gasteiger partial charge in [0.05, 0.1) is 24.5 Å². The summed E-state index contributed by atoms with van der Waals surface area (Å²) < 4.78 is 23.2. The Bertz CT molecular complexity index is 1310. The van der Waals surface area contributed by atoms with Gasteiger partial charge in [0.1, 0.15) is 23.9 Å². The summed E-state index contributed by atoms with van der Waals surface area (Å²) in [5.74, 6) is 3.11. The fraction of sp³-hybridized carbons (Fsp3) is 0.222. The molecule has 32 heavy (non-hydrogen) atoms. The summed E-state index contributed by atoms with van der Waals surface area (Å²) in [6.45, 7) is 6.48. The number of hydrogen-bond acceptors (Lipinski definition) is 5. The Balaban J connectivity index is 1.77. The van der Waals surface area contributed by atoms with E-state index < -0.39 is 0 Å². The monoisotopic (exact) mass is 430 g/mol. The van der Waals surface area contributed by atoms with Crippen LogP contribution >= 0.6 is 0 Å². The zero-order valence-corrected chi connectivity index (χ0v) is 18.7. The van der Waals surface area contributed by atoms with Crippen molar-refractivity contribution in [2.45, 2.75) is 27.4 Å². The van der Waals surface area contributed by atoms with Crippen molar-refractivity contribution in [3.8, 4) is 28.4 Å². The van der Waals surface area contributed by atoms with Gasteiger partial charge in [-0.15, -0.1) is 0 Å². The van der Waals surface area contributed by atoms with Gasteiger partial charge in [-0.1, -0.05) is 36.4 Å². The van der Waals surface area contributed by atoms with Crippen LogP contribution in [0.1, 0.15) is 24.0 Å². The van der Waals surface area contributed by atoms with Crippen LogP contribution < -0.4 is 19.6 Å². The molecule has 4 aromatic rings. The number of ether oxygens (including phenoxy) is 3. The molecule has 0 radical (unpaired) electrons. The second-order valence-corrected chi connectivity index (χ2v) is 7.51. The van der Waals surface area contributed by atoms with E-state index in [1.54, 1.807) is 20.1 Å². The highest BCUT2D eigenvalue weighted by atomic mass is 16.5. The van der Waals surface area contributed by atoms with E-state index >= 15 is 0 Å². The van der Waals surface area contributed by atoms with Crippen LogP contribution in [0, 0.1) is 13.8 Å². The minimum atomic E-state index is -0.112. The van der Waals surface area contributed by atoms with E-state index in [0.717, 1.165) is 22.1 Å². The van der Waals surface area contributed by atoms with Crippen LogP contribution in [0.4, 0.5) is 0 Å². The second kappa shape index (κ2) is 9.18. The smallest absolute Gasteiger partial charge is 0.190 e. The molecular weight excluding hydrogens is 404 g/mol. The molecule has 0 bridgehead atoms. The Labute approximate surface area is 187 Å². The van der Waals surface area contributed by atoms with Gasteiger partial charge in [-0.3, -0.25) is 4.79 Å². The molecule has 0 saturated heterocycles. The van der Waals surface area contributed by atoms with Crippen LogP contribution in [0.3, 0.4) is 0 Å². The molecule has 164 valence electrons. The van der Waals surface area contributed by atoms with Crippen molar-refractivity contribution >= 4 is 10.8 Å². The molecule has 5 heteroatoms. The molecule has 0 atom stereocenters. The number of fused-ring (bicyclic) bond motifs is 1. The average Bonchev–Trinajstić information content (AvgIpc) is 3.01. The van der Waals surface area contributed by atoms with Crippen LogP contribution in [-0.2, 0) is 6.61 Å². The summed E-state index contributed by atoms with van der Waals surface area (Å²) in [5.41, 5.74) is 2.53. The Kier molecular flexibility index (Phi) is 6.17. The molecule has 0 spiro atoms. The maximum Gasteiger partial charge on any atom is 0.190 e. The van der Waals surface area contributed by atoms with Crippen molar-refractivity contribution < 1.29 is 18.6 Å². The molecule has 5 nitrogen and oxygen atoms in total. The van der Waals surface area contributed by atoms with Crippen molar-refractivity contribution in [2.24, 2.45) is 0 Å². The molecule has 0 saturated carbocycles. The van der Waals surface area contributed by atoms with E-state index in [1.165, 1.54) is 0 Å². The fourth-order valence-electron chi connectivity index (χ4n) is 3.88. The summed E-state index contributed by atoms with van der Waals surface area (Å²) >= 11 is 0. The minimum Gasteiger partial charge on any atom is -0.493 e. The van der Waals surface area contributed by atoms with E-state index in [2.05, 4.69) is 0 Å². The maximum absolute atomic E-state index is 13.1. The van der Waals surface area contributed by atoms with Gasteiger partial charge in [0.2, 0.25) is 0 Å². The quantitative estimate of drug-likeness (QED) is 0.356. The number of furan rings is 1. The van der Waals surface area contributed by atoms with E-state index in [-0.39, 0.29) is 5.43 Å². The highest BCUT2D eigenvalue weighted by molar-refractivity contribution is 5.93. The normalized spacial score (nSPS) is 10.9. The molecule has 0 fully saturated rings. The Morgan fingerprint density at radius 3 is 2.22 bits per heavy atom. The molecule has 0 unspecified atom stereocenters. The molecular formula is C27H26O5. The third-order valence-corrected chi connectivity index (χ3v) is 5.36. The van der Waals surface area contributed by atoms with Gasteiger partial charge < -0.3 is 18.6 Å². The topological polar surface area (TPSA) is 57.9 Å². The Morgan fingerprint density at radius 2 is 1.50 bits per heavy atom. The van der Waals surface area contributed by atoms with Crippen LogP contribution in [-0.4, -0.2) is 13.7 Å². The first kappa shape index (κ1) is 21.5. The van der Waals surface area contributed by atoms with Gasteiger partial charge in [0.15, 0.2) is 16.9 Å². The van der Waals surface area contributed by atoms with Gasteiger partial charge in [-0.25, -0.2) is 0 Å². The van der Waals surface area contributed by atoms with Crippen molar-refractivity contribution in [3.05, 3.63) is 88.0 Å². The summed E-state index contributed by atoms with van der Waals surface area (Å²) in [4.78, 5) is 13.1. The average molecular weight is 431 g/mol. The van der Waals surface area contributed by atoms with Crippen molar-refractivity contribution in [1.29, 1.82) is 0 Å². The van der Waals surface area contributed by atoms with Crippen LogP contribution in [0.2, 0.25) is 0 Å². The van der Waals surface area contributed by atoms with Crippen molar-refractivity contribution in [3.63, 3.8) is 0 Å². The lowest BCUT2D eigenvalue weighted by Crippen LogP contribution is -1.98. The maximum atomic E-state index is 13.1. The van der Waals surface area contributed by atoms with E-state index in [9.17, 15) is 4.79 Å². The fourth-order valence-corrected chi connectivity index (χ4v) is 3.88. The van der Waals surface area contributed by atoms with Gasteiger partial charge in [0.25, 0.3) is 0 Å². The zero-order valence-electron chi connectivity index (χ0n) is 18.7. The van der Waals surface area contributed by atoms with Gasteiger partial charge in [0, 0.05) is 0 Å². The summed E-state index contributed by atoms with van der Waals surface area (Å²) in [6.07, 6.45) is 0. The van der Waals surface area contributed by atoms with Gasteiger partial charge in [-0.05, 0) is 61.7 Å². The largest absolute Gasteiger partial charge is 0.493 e.